The summed E-state index contributed by atoms with van der Waals surface area (Å²) in [5.74, 6) is -1.33. The highest BCUT2D eigenvalue weighted by Gasteiger charge is 2.34. The topological polar surface area (TPSA) is 38.9 Å². The Morgan fingerprint density at radius 3 is 2.45 bits per heavy atom. The third-order valence-corrected chi connectivity index (χ3v) is 3.00. The van der Waals surface area contributed by atoms with E-state index in [1.807, 2.05) is 0 Å². The maximum atomic E-state index is 13.5. The van der Waals surface area contributed by atoms with E-state index in [9.17, 15) is 17.6 Å². The molecule has 2 aromatic rings. The molecule has 0 saturated carbocycles. The van der Waals surface area contributed by atoms with Crippen LogP contribution in [0.15, 0.2) is 36.5 Å². The molecule has 0 bridgehead atoms. The average Bonchev–Trinajstić information content (AvgIpc) is 2.37. The first kappa shape index (κ1) is 14.5. The fourth-order valence-electron chi connectivity index (χ4n) is 1.94. The standard InChI is InChI=1S/C14H12F4N2/c1-8-3-2-6-20-13(8)12(19)9-4-5-10(11(15)7-9)14(16,17)18/h2-7,12H,19H2,1H3. The van der Waals surface area contributed by atoms with Crippen LogP contribution in [0.1, 0.15) is 28.4 Å². The van der Waals surface area contributed by atoms with Crippen LogP contribution in [0.25, 0.3) is 0 Å². The zero-order chi connectivity index (χ0) is 14.9. The van der Waals surface area contributed by atoms with E-state index in [0.29, 0.717) is 11.8 Å². The Kier molecular flexibility index (Phi) is 3.76. The number of aromatic nitrogens is 1. The molecule has 20 heavy (non-hydrogen) atoms. The van der Waals surface area contributed by atoms with E-state index in [1.165, 1.54) is 12.3 Å². The second-order valence-electron chi connectivity index (χ2n) is 4.42. The first-order valence-electron chi connectivity index (χ1n) is 5.84. The van der Waals surface area contributed by atoms with Gasteiger partial charge < -0.3 is 5.73 Å². The highest BCUT2D eigenvalue weighted by molar-refractivity contribution is 5.34. The number of aryl methyl sites for hydroxylation is 1. The summed E-state index contributed by atoms with van der Waals surface area (Å²) >= 11 is 0. The molecule has 0 saturated heterocycles. The number of nitrogens with zero attached hydrogens (tertiary/aromatic N) is 1. The molecular weight excluding hydrogens is 272 g/mol. The second kappa shape index (κ2) is 5.20. The number of rotatable bonds is 2. The number of hydrogen-bond acceptors (Lipinski definition) is 2. The molecule has 0 radical (unpaired) electrons. The van der Waals surface area contributed by atoms with Crippen LogP contribution in [0.4, 0.5) is 17.6 Å². The van der Waals surface area contributed by atoms with Crippen molar-refractivity contribution < 1.29 is 17.6 Å². The van der Waals surface area contributed by atoms with Gasteiger partial charge in [-0.15, -0.1) is 0 Å². The monoisotopic (exact) mass is 284 g/mol. The van der Waals surface area contributed by atoms with E-state index < -0.39 is 23.6 Å². The lowest BCUT2D eigenvalue weighted by molar-refractivity contribution is -0.140. The van der Waals surface area contributed by atoms with Crippen molar-refractivity contribution in [1.29, 1.82) is 0 Å². The molecule has 6 heteroatoms. The summed E-state index contributed by atoms with van der Waals surface area (Å²) in [6.07, 6.45) is -3.18. The van der Waals surface area contributed by atoms with Crippen LogP contribution in [-0.4, -0.2) is 4.98 Å². The zero-order valence-electron chi connectivity index (χ0n) is 10.6. The predicted octanol–water partition coefficient (Wildman–Crippen LogP) is 3.60. The van der Waals surface area contributed by atoms with Gasteiger partial charge in [0.25, 0.3) is 0 Å². The number of alkyl halides is 3. The smallest absolute Gasteiger partial charge is 0.319 e. The van der Waals surface area contributed by atoms with Crippen molar-refractivity contribution in [1.82, 2.24) is 4.98 Å². The summed E-state index contributed by atoms with van der Waals surface area (Å²) in [7, 11) is 0. The van der Waals surface area contributed by atoms with Gasteiger partial charge in [0, 0.05) is 6.20 Å². The molecule has 0 aliphatic rings. The molecule has 106 valence electrons. The predicted molar refractivity (Wildman–Crippen MR) is 66.4 cm³/mol. The van der Waals surface area contributed by atoms with Crippen molar-refractivity contribution >= 4 is 0 Å². The summed E-state index contributed by atoms with van der Waals surface area (Å²) in [5.41, 5.74) is 6.18. The Morgan fingerprint density at radius 1 is 1.20 bits per heavy atom. The Labute approximate surface area is 113 Å². The second-order valence-corrected chi connectivity index (χ2v) is 4.42. The molecule has 1 aromatic heterocycles. The highest BCUT2D eigenvalue weighted by Crippen LogP contribution is 2.33. The zero-order valence-corrected chi connectivity index (χ0v) is 10.6. The fourth-order valence-corrected chi connectivity index (χ4v) is 1.94. The quantitative estimate of drug-likeness (QED) is 0.856. The van der Waals surface area contributed by atoms with Gasteiger partial charge in [0.1, 0.15) is 5.82 Å². The number of nitrogens with two attached hydrogens (primary N) is 1. The van der Waals surface area contributed by atoms with E-state index in [-0.39, 0.29) is 5.56 Å². The number of hydrogen-bond donors (Lipinski definition) is 1. The van der Waals surface area contributed by atoms with Crippen molar-refractivity contribution in [3.63, 3.8) is 0 Å². The van der Waals surface area contributed by atoms with E-state index in [4.69, 9.17) is 5.73 Å². The molecule has 0 aliphatic heterocycles. The van der Waals surface area contributed by atoms with E-state index in [0.717, 1.165) is 11.6 Å². The molecule has 0 fully saturated rings. The lowest BCUT2D eigenvalue weighted by Gasteiger charge is -2.15. The van der Waals surface area contributed by atoms with Crippen LogP contribution in [0, 0.1) is 12.7 Å². The van der Waals surface area contributed by atoms with Crippen LogP contribution in [0.3, 0.4) is 0 Å². The van der Waals surface area contributed by atoms with Crippen molar-refractivity contribution in [3.8, 4) is 0 Å². The minimum Gasteiger partial charge on any atom is -0.319 e. The molecule has 0 amide bonds. The summed E-state index contributed by atoms with van der Waals surface area (Å²) in [4.78, 5) is 4.09. The SMILES string of the molecule is Cc1cccnc1C(N)c1ccc(C(F)(F)F)c(F)c1. The van der Waals surface area contributed by atoms with Gasteiger partial charge in [-0.05, 0) is 36.2 Å². The number of pyridine rings is 1. The normalized spacial score (nSPS) is 13.3. The lowest BCUT2D eigenvalue weighted by atomic mass is 9.99. The molecule has 2 N–H and O–H groups in total. The molecule has 0 aliphatic carbocycles. The Bertz CT molecular complexity index is 623. The Balaban J connectivity index is 2.40. The molecule has 2 rings (SSSR count). The minimum atomic E-state index is -4.71. The van der Waals surface area contributed by atoms with E-state index in [1.54, 1.807) is 19.1 Å². The average molecular weight is 284 g/mol. The molecule has 0 spiro atoms. The minimum absolute atomic E-state index is 0.248. The number of benzene rings is 1. The molecule has 1 heterocycles. The number of halogens is 4. The van der Waals surface area contributed by atoms with Crippen LogP contribution >= 0.6 is 0 Å². The van der Waals surface area contributed by atoms with Gasteiger partial charge in [-0.2, -0.15) is 13.2 Å². The molecule has 1 atom stereocenters. The van der Waals surface area contributed by atoms with Gasteiger partial charge in [-0.1, -0.05) is 12.1 Å². The van der Waals surface area contributed by atoms with Crippen molar-refractivity contribution in [3.05, 3.63) is 64.7 Å². The van der Waals surface area contributed by atoms with Crippen LogP contribution in [0.2, 0.25) is 0 Å². The van der Waals surface area contributed by atoms with Crippen molar-refractivity contribution in [2.45, 2.75) is 19.1 Å². The third-order valence-electron chi connectivity index (χ3n) is 3.00. The van der Waals surface area contributed by atoms with Gasteiger partial charge in [-0.3, -0.25) is 4.98 Å². The molecule has 1 aromatic carbocycles. The molecular formula is C14H12F4N2. The largest absolute Gasteiger partial charge is 0.419 e. The van der Waals surface area contributed by atoms with E-state index >= 15 is 0 Å². The van der Waals surface area contributed by atoms with E-state index in [2.05, 4.69) is 4.98 Å². The van der Waals surface area contributed by atoms with Crippen molar-refractivity contribution in [2.24, 2.45) is 5.73 Å². The van der Waals surface area contributed by atoms with Gasteiger partial charge in [0.05, 0.1) is 17.3 Å². The van der Waals surface area contributed by atoms with Gasteiger partial charge in [0.2, 0.25) is 0 Å². The Hall–Kier alpha value is -1.95. The molecule has 1 unspecified atom stereocenters. The lowest BCUT2D eigenvalue weighted by Crippen LogP contribution is -2.16. The maximum absolute atomic E-state index is 13.5. The maximum Gasteiger partial charge on any atom is 0.419 e. The van der Waals surface area contributed by atoms with Crippen LogP contribution in [0.5, 0.6) is 0 Å². The van der Waals surface area contributed by atoms with Crippen LogP contribution in [-0.2, 0) is 6.18 Å². The first-order valence-corrected chi connectivity index (χ1v) is 5.84. The molecule has 2 nitrogen and oxygen atoms in total. The summed E-state index contributed by atoms with van der Waals surface area (Å²) in [5, 5.41) is 0. The third kappa shape index (κ3) is 2.80. The summed E-state index contributed by atoms with van der Waals surface area (Å²) < 4.78 is 51.0. The summed E-state index contributed by atoms with van der Waals surface area (Å²) in [6.45, 7) is 1.78. The van der Waals surface area contributed by atoms with Crippen molar-refractivity contribution in [2.75, 3.05) is 0 Å². The van der Waals surface area contributed by atoms with Gasteiger partial charge >= 0.3 is 6.18 Å². The highest BCUT2D eigenvalue weighted by atomic mass is 19.4. The van der Waals surface area contributed by atoms with Gasteiger partial charge in [-0.25, -0.2) is 4.39 Å². The fraction of sp³-hybridized carbons (Fsp3) is 0.214. The van der Waals surface area contributed by atoms with Crippen LogP contribution < -0.4 is 5.73 Å². The first-order chi connectivity index (χ1) is 9.30. The Morgan fingerprint density at radius 2 is 1.90 bits per heavy atom. The summed E-state index contributed by atoms with van der Waals surface area (Å²) in [6, 6.07) is 5.41. The van der Waals surface area contributed by atoms with Gasteiger partial charge in [0.15, 0.2) is 0 Å².